The molecule has 2 heterocycles. The summed E-state index contributed by atoms with van der Waals surface area (Å²) in [5.41, 5.74) is 10.3. The molecule has 0 spiro atoms. The summed E-state index contributed by atoms with van der Waals surface area (Å²) in [6.45, 7) is 7.52. The summed E-state index contributed by atoms with van der Waals surface area (Å²) < 4.78 is 5.52. The van der Waals surface area contributed by atoms with Crippen LogP contribution in [0.4, 0.5) is 5.69 Å². The average Bonchev–Trinajstić information content (AvgIpc) is 3.13. The van der Waals surface area contributed by atoms with Gasteiger partial charge in [-0.15, -0.1) is 12.4 Å². The fourth-order valence-electron chi connectivity index (χ4n) is 4.40. The Hall–Kier alpha value is -1.59. The van der Waals surface area contributed by atoms with Crippen LogP contribution in [0.2, 0.25) is 0 Å². The van der Waals surface area contributed by atoms with Crippen LogP contribution in [0.15, 0.2) is 54.6 Å². The van der Waals surface area contributed by atoms with E-state index in [4.69, 9.17) is 10.5 Å². The second-order valence-electron chi connectivity index (χ2n) is 7.44. The summed E-state index contributed by atoms with van der Waals surface area (Å²) in [6, 6.07) is 19.7. The van der Waals surface area contributed by atoms with Crippen LogP contribution >= 0.6 is 12.4 Å². The molecular formula is C22H30ClN3O. The zero-order valence-corrected chi connectivity index (χ0v) is 16.6. The molecule has 0 saturated carbocycles. The van der Waals surface area contributed by atoms with E-state index >= 15 is 0 Å². The Morgan fingerprint density at radius 1 is 0.926 bits per heavy atom. The Kier molecular flexibility index (Phi) is 7.13. The highest BCUT2D eigenvalue weighted by Crippen LogP contribution is 2.34. The van der Waals surface area contributed by atoms with Gasteiger partial charge in [-0.2, -0.15) is 0 Å². The molecule has 4 nitrogen and oxygen atoms in total. The first-order chi connectivity index (χ1) is 12.8. The van der Waals surface area contributed by atoms with Crippen LogP contribution in [-0.4, -0.2) is 50.8 Å². The second-order valence-corrected chi connectivity index (χ2v) is 7.44. The maximum Gasteiger partial charge on any atom is 0.0642 e. The fraction of sp³-hybridized carbons (Fsp3) is 0.455. The molecule has 0 bridgehead atoms. The molecule has 2 aliphatic heterocycles. The van der Waals surface area contributed by atoms with Crippen LogP contribution in [0.5, 0.6) is 0 Å². The van der Waals surface area contributed by atoms with Crippen molar-refractivity contribution in [3.8, 4) is 0 Å². The van der Waals surface area contributed by atoms with Crippen molar-refractivity contribution < 1.29 is 4.74 Å². The molecule has 2 N–H and O–H groups in total. The summed E-state index contributed by atoms with van der Waals surface area (Å²) in [5, 5.41) is 0. The van der Waals surface area contributed by atoms with Gasteiger partial charge in [-0.05, 0) is 29.7 Å². The molecule has 2 aromatic rings. The maximum atomic E-state index is 6.12. The number of likely N-dealkylation sites (tertiary alicyclic amines) is 1. The van der Waals surface area contributed by atoms with Crippen molar-refractivity contribution in [2.24, 2.45) is 11.7 Å². The number of benzene rings is 2. The van der Waals surface area contributed by atoms with Crippen LogP contribution in [0, 0.1) is 5.92 Å². The van der Waals surface area contributed by atoms with E-state index in [0.29, 0.717) is 11.8 Å². The molecule has 0 aliphatic carbocycles. The lowest BCUT2D eigenvalue weighted by atomic mass is 9.89. The van der Waals surface area contributed by atoms with Gasteiger partial charge in [0.2, 0.25) is 0 Å². The fourth-order valence-corrected chi connectivity index (χ4v) is 4.40. The van der Waals surface area contributed by atoms with Crippen LogP contribution in [0.3, 0.4) is 0 Å². The van der Waals surface area contributed by atoms with Crippen molar-refractivity contribution in [2.45, 2.75) is 12.5 Å². The SMILES string of the molecule is Cl.NC[C@@H]1CN(Cc2ccccc2N2CCOCC2)C[C@H]1c1ccccc1. The van der Waals surface area contributed by atoms with Crippen molar-refractivity contribution in [1.82, 2.24) is 4.90 Å². The minimum Gasteiger partial charge on any atom is -0.378 e. The minimum absolute atomic E-state index is 0. The topological polar surface area (TPSA) is 41.7 Å². The maximum absolute atomic E-state index is 6.12. The van der Waals surface area contributed by atoms with E-state index in [9.17, 15) is 0 Å². The average molecular weight is 388 g/mol. The third kappa shape index (κ3) is 4.64. The first-order valence-electron chi connectivity index (χ1n) is 9.73. The molecule has 0 unspecified atom stereocenters. The molecule has 0 amide bonds. The Morgan fingerprint density at radius 2 is 1.63 bits per heavy atom. The highest BCUT2D eigenvalue weighted by atomic mass is 35.5. The van der Waals surface area contributed by atoms with Gasteiger partial charge in [-0.3, -0.25) is 4.90 Å². The van der Waals surface area contributed by atoms with Crippen molar-refractivity contribution in [3.63, 3.8) is 0 Å². The van der Waals surface area contributed by atoms with Crippen LogP contribution < -0.4 is 10.6 Å². The number of morpholine rings is 1. The van der Waals surface area contributed by atoms with Crippen molar-refractivity contribution >= 4 is 18.1 Å². The molecule has 0 radical (unpaired) electrons. The monoisotopic (exact) mass is 387 g/mol. The quantitative estimate of drug-likeness (QED) is 0.855. The van der Waals surface area contributed by atoms with Gasteiger partial charge in [0.05, 0.1) is 13.2 Å². The number of hydrogen-bond donors (Lipinski definition) is 1. The van der Waals surface area contributed by atoms with Crippen LogP contribution in [0.1, 0.15) is 17.0 Å². The first kappa shape index (κ1) is 20.2. The molecule has 4 rings (SSSR count). The van der Waals surface area contributed by atoms with Gasteiger partial charge in [0.25, 0.3) is 0 Å². The van der Waals surface area contributed by atoms with E-state index in [0.717, 1.165) is 52.5 Å². The van der Waals surface area contributed by atoms with Gasteiger partial charge >= 0.3 is 0 Å². The van der Waals surface area contributed by atoms with Gasteiger partial charge in [-0.25, -0.2) is 0 Å². The van der Waals surface area contributed by atoms with E-state index in [1.807, 2.05) is 0 Å². The van der Waals surface area contributed by atoms with Gasteiger partial charge in [0, 0.05) is 44.3 Å². The molecule has 2 fully saturated rings. The van der Waals surface area contributed by atoms with Crippen molar-refractivity contribution in [2.75, 3.05) is 50.8 Å². The number of nitrogens with two attached hydrogens (primary N) is 1. The lowest BCUT2D eigenvalue weighted by Gasteiger charge is -2.31. The molecule has 27 heavy (non-hydrogen) atoms. The molecule has 146 valence electrons. The molecule has 2 aliphatic rings. The molecule has 2 saturated heterocycles. The summed E-state index contributed by atoms with van der Waals surface area (Å²) in [7, 11) is 0. The minimum atomic E-state index is 0. The predicted octanol–water partition coefficient (Wildman–Crippen LogP) is 3.12. The third-order valence-electron chi connectivity index (χ3n) is 5.78. The van der Waals surface area contributed by atoms with E-state index in [2.05, 4.69) is 64.4 Å². The van der Waals surface area contributed by atoms with Gasteiger partial charge in [0.1, 0.15) is 0 Å². The Labute approximate surface area is 168 Å². The smallest absolute Gasteiger partial charge is 0.0642 e. The van der Waals surface area contributed by atoms with Gasteiger partial charge in [-0.1, -0.05) is 48.5 Å². The molecule has 0 aromatic heterocycles. The van der Waals surface area contributed by atoms with Crippen molar-refractivity contribution in [1.29, 1.82) is 0 Å². The number of rotatable bonds is 5. The van der Waals surface area contributed by atoms with E-state index in [1.54, 1.807) is 0 Å². The zero-order chi connectivity index (χ0) is 17.8. The van der Waals surface area contributed by atoms with E-state index in [1.165, 1.54) is 16.8 Å². The summed E-state index contributed by atoms with van der Waals surface area (Å²) >= 11 is 0. The second kappa shape index (κ2) is 9.56. The van der Waals surface area contributed by atoms with Crippen molar-refractivity contribution in [3.05, 3.63) is 65.7 Å². The molecule has 2 atom stereocenters. The standard InChI is InChI=1S/C22H29N3O.ClH/c23-14-20-16-24(17-21(20)18-6-2-1-3-7-18)15-19-8-4-5-9-22(19)25-10-12-26-13-11-25;/h1-9,20-21H,10-17,23H2;1H/t20-,21+;/m1./s1. The summed E-state index contributed by atoms with van der Waals surface area (Å²) in [5.74, 6) is 1.07. The number of ether oxygens (including phenoxy) is 1. The number of halogens is 1. The van der Waals surface area contributed by atoms with E-state index < -0.39 is 0 Å². The van der Waals surface area contributed by atoms with Crippen LogP contribution in [-0.2, 0) is 11.3 Å². The Bertz CT molecular complexity index is 706. The number of anilines is 1. The third-order valence-corrected chi connectivity index (χ3v) is 5.78. The molecule has 2 aromatic carbocycles. The van der Waals surface area contributed by atoms with E-state index in [-0.39, 0.29) is 12.4 Å². The highest BCUT2D eigenvalue weighted by molar-refractivity contribution is 5.85. The first-order valence-corrected chi connectivity index (χ1v) is 9.73. The predicted molar refractivity (Wildman–Crippen MR) is 114 cm³/mol. The summed E-state index contributed by atoms with van der Waals surface area (Å²) in [6.07, 6.45) is 0. The highest BCUT2D eigenvalue weighted by Gasteiger charge is 2.33. The molecular weight excluding hydrogens is 358 g/mol. The lowest BCUT2D eigenvalue weighted by Crippen LogP contribution is -2.37. The largest absolute Gasteiger partial charge is 0.378 e. The normalized spacial score (nSPS) is 23.2. The number of nitrogens with zero attached hydrogens (tertiary/aromatic N) is 2. The van der Waals surface area contributed by atoms with Gasteiger partial charge in [0.15, 0.2) is 0 Å². The zero-order valence-electron chi connectivity index (χ0n) is 15.8. The number of hydrogen-bond acceptors (Lipinski definition) is 4. The Balaban J connectivity index is 0.00000210. The molecule has 5 heteroatoms. The van der Waals surface area contributed by atoms with Crippen LogP contribution in [0.25, 0.3) is 0 Å². The lowest BCUT2D eigenvalue weighted by molar-refractivity contribution is 0.122. The summed E-state index contributed by atoms with van der Waals surface area (Å²) in [4.78, 5) is 5.04. The van der Waals surface area contributed by atoms with Gasteiger partial charge < -0.3 is 15.4 Å². The Morgan fingerprint density at radius 3 is 2.37 bits per heavy atom. The number of para-hydroxylation sites is 1.